The number of hydrogen-bond donors (Lipinski definition) is 1. The highest BCUT2D eigenvalue weighted by molar-refractivity contribution is 5.42. The number of rotatable bonds is 6. The van der Waals surface area contributed by atoms with E-state index in [0.717, 1.165) is 30.8 Å². The Morgan fingerprint density at radius 3 is 2.32 bits per heavy atom. The topological polar surface area (TPSA) is 21.3 Å². The summed E-state index contributed by atoms with van der Waals surface area (Å²) >= 11 is 0. The molecule has 0 aliphatic heterocycles. The second-order valence-corrected chi connectivity index (χ2v) is 4.39. The van der Waals surface area contributed by atoms with Crippen LogP contribution in [0.4, 0.5) is 10.1 Å². The van der Waals surface area contributed by atoms with Gasteiger partial charge in [0.2, 0.25) is 0 Å². The minimum absolute atomic E-state index is 0.205. The number of aryl methyl sites for hydroxylation is 1. The monoisotopic (exact) mass is 259 g/mol. The molecule has 0 atom stereocenters. The molecule has 2 aromatic rings. The summed E-state index contributed by atoms with van der Waals surface area (Å²) in [6, 6.07) is 14.5. The Morgan fingerprint density at radius 1 is 1.00 bits per heavy atom. The molecule has 0 spiro atoms. The van der Waals surface area contributed by atoms with Crippen LogP contribution in [0.2, 0.25) is 0 Å². The fourth-order valence-corrected chi connectivity index (χ4v) is 1.89. The first-order chi connectivity index (χ1) is 9.28. The van der Waals surface area contributed by atoms with Gasteiger partial charge in [-0.25, -0.2) is 4.39 Å². The van der Waals surface area contributed by atoms with Crippen molar-refractivity contribution in [2.24, 2.45) is 0 Å². The van der Waals surface area contributed by atoms with Crippen LogP contribution in [-0.4, -0.2) is 13.7 Å². The van der Waals surface area contributed by atoms with Crippen molar-refractivity contribution in [2.75, 3.05) is 19.0 Å². The molecule has 3 heteroatoms. The summed E-state index contributed by atoms with van der Waals surface area (Å²) in [4.78, 5) is 0. The third-order valence-corrected chi connectivity index (χ3v) is 2.97. The van der Waals surface area contributed by atoms with E-state index < -0.39 is 0 Å². The summed E-state index contributed by atoms with van der Waals surface area (Å²) in [7, 11) is 1.67. The van der Waals surface area contributed by atoms with Gasteiger partial charge in [-0.05, 0) is 54.8 Å². The van der Waals surface area contributed by atoms with Gasteiger partial charge in [0.25, 0.3) is 0 Å². The van der Waals surface area contributed by atoms with E-state index >= 15 is 0 Å². The molecule has 2 aromatic carbocycles. The lowest BCUT2D eigenvalue weighted by molar-refractivity contribution is 0.414. The fourth-order valence-electron chi connectivity index (χ4n) is 1.89. The highest BCUT2D eigenvalue weighted by Gasteiger charge is 1.96. The smallest absolute Gasteiger partial charge is 0.123 e. The van der Waals surface area contributed by atoms with Crippen LogP contribution in [0.1, 0.15) is 12.0 Å². The largest absolute Gasteiger partial charge is 0.497 e. The highest BCUT2D eigenvalue weighted by atomic mass is 19.1. The Balaban J connectivity index is 1.72. The molecule has 0 heterocycles. The predicted molar refractivity (Wildman–Crippen MR) is 76.2 cm³/mol. The molecule has 2 nitrogen and oxygen atoms in total. The summed E-state index contributed by atoms with van der Waals surface area (Å²) in [5.74, 6) is 0.678. The van der Waals surface area contributed by atoms with E-state index in [-0.39, 0.29) is 5.82 Å². The van der Waals surface area contributed by atoms with E-state index in [0.29, 0.717) is 0 Å². The number of halogens is 1. The molecule has 0 saturated carbocycles. The van der Waals surface area contributed by atoms with Crippen molar-refractivity contribution in [3.8, 4) is 5.75 Å². The number of nitrogens with one attached hydrogen (secondary N) is 1. The molecule has 0 aliphatic carbocycles. The van der Waals surface area contributed by atoms with Crippen molar-refractivity contribution >= 4 is 5.69 Å². The molecule has 0 radical (unpaired) electrons. The van der Waals surface area contributed by atoms with Crippen molar-refractivity contribution < 1.29 is 9.13 Å². The predicted octanol–water partition coefficient (Wildman–Crippen LogP) is 3.88. The first-order valence-electron chi connectivity index (χ1n) is 6.40. The molecule has 0 bridgehead atoms. The minimum atomic E-state index is -0.205. The average molecular weight is 259 g/mol. The molecule has 100 valence electrons. The van der Waals surface area contributed by atoms with E-state index in [9.17, 15) is 4.39 Å². The average Bonchev–Trinajstić information content (AvgIpc) is 2.46. The van der Waals surface area contributed by atoms with Gasteiger partial charge in [-0.15, -0.1) is 0 Å². The van der Waals surface area contributed by atoms with Gasteiger partial charge in [-0.3, -0.25) is 0 Å². The zero-order valence-corrected chi connectivity index (χ0v) is 11.0. The van der Waals surface area contributed by atoms with E-state index in [4.69, 9.17) is 4.74 Å². The van der Waals surface area contributed by atoms with Gasteiger partial charge in [-0.2, -0.15) is 0 Å². The zero-order valence-electron chi connectivity index (χ0n) is 11.0. The second-order valence-electron chi connectivity index (χ2n) is 4.39. The molecule has 0 aliphatic rings. The quantitative estimate of drug-likeness (QED) is 0.795. The van der Waals surface area contributed by atoms with Crippen LogP contribution >= 0.6 is 0 Å². The van der Waals surface area contributed by atoms with Gasteiger partial charge in [0.15, 0.2) is 0 Å². The molecular weight excluding hydrogens is 241 g/mol. The van der Waals surface area contributed by atoms with Crippen LogP contribution in [-0.2, 0) is 6.42 Å². The van der Waals surface area contributed by atoms with E-state index in [1.165, 1.54) is 17.7 Å². The number of ether oxygens (including phenoxy) is 1. The summed E-state index contributed by atoms with van der Waals surface area (Å²) in [5.41, 5.74) is 2.25. The van der Waals surface area contributed by atoms with Crippen molar-refractivity contribution in [3.05, 3.63) is 59.9 Å². The van der Waals surface area contributed by atoms with Crippen molar-refractivity contribution in [1.82, 2.24) is 0 Å². The Hall–Kier alpha value is -2.03. The lowest BCUT2D eigenvalue weighted by Crippen LogP contribution is -2.02. The van der Waals surface area contributed by atoms with E-state index in [1.54, 1.807) is 19.2 Å². The molecule has 19 heavy (non-hydrogen) atoms. The molecule has 1 N–H and O–H groups in total. The summed E-state index contributed by atoms with van der Waals surface area (Å²) < 4.78 is 17.8. The molecule has 0 aromatic heterocycles. The van der Waals surface area contributed by atoms with Gasteiger partial charge >= 0.3 is 0 Å². The maximum atomic E-state index is 12.7. The summed E-state index contributed by atoms with van der Waals surface area (Å²) in [6.45, 7) is 0.873. The SMILES string of the molecule is COc1ccc(CCCNc2ccc(F)cc2)cc1. The maximum absolute atomic E-state index is 12.7. The van der Waals surface area contributed by atoms with Crippen LogP contribution in [0.25, 0.3) is 0 Å². The number of hydrogen-bond acceptors (Lipinski definition) is 2. The molecule has 0 amide bonds. The van der Waals surface area contributed by atoms with Crippen LogP contribution in [0.3, 0.4) is 0 Å². The number of anilines is 1. The Kier molecular flexibility index (Phi) is 4.78. The van der Waals surface area contributed by atoms with Crippen molar-refractivity contribution in [1.29, 1.82) is 0 Å². The van der Waals surface area contributed by atoms with Gasteiger partial charge < -0.3 is 10.1 Å². The van der Waals surface area contributed by atoms with Gasteiger partial charge in [0, 0.05) is 12.2 Å². The number of methoxy groups -OCH3 is 1. The third-order valence-electron chi connectivity index (χ3n) is 2.97. The van der Waals surface area contributed by atoms with Crippen LogP contribution in [0.5, 0.6) is 5.75 Å². The van der Waals surface area contributed by atoms with E-state index in [2.05, 4.69) is 17.4 Å². The van der Waals surface area contributed by atoms with Crippen LogP contribution < -0.4 is 10.1 Å². The van der Waals surface area contributed by atoms with Crippen LogP contribution in [0.15, 0.2) is 48.5 Å². The summed E-state index contributed by atoms with van der Waals surface area (Å²) in [6.07, 6.45) is 2.04. The molecular formula is C16H18FNO. The zero-order chi connectivity index (χ0) is 13.5. The van der Waals surface area contributed by atoms with Gasteiger partial charge in [-0.1, -0.05) is 12.1 Å². The maximum Gasteiger partial charge on any atom is 0.123 e. The van der Waals surface area contributed by atoms with Crippen LogP contribution in [0, 0.1) is 5.82 Å². The van der Waals surface area contributed by atoms with Crippen molar-refractivity contribution in [3.63, 3.8) is 0 Å². The normalized spacial score (nSPS) is 10.2. The fraction of sp³-hybridized carbons (Fsp3) is 0.250. The molecule has 0 fully saturated rings. The number of benzene rings is 2. The Bertz CT molecular complexity index is 493. The first kappa shape index (κ1) is 13.4. The van der Waals surface area contributed by atoms with E-state index in [1.807, 2.05) is 12.1 Å². The lowest BCUT2D eigenvalue weighted by atomic mass is 10.1. The summed E-state index contributed by atoms with van der Waals surface area (Å²) in [5, 5.41) is 3.27. The first-order valence-corrected chi connectivity index (χ1v) is 6.40. The van der Waals surface area contributed by atoms with Crippen molar-refractivity contribution in [2.45, 2.75) is 12.8 Å². The standard InChI is InChI=1S/C16H18FNO/c1-19-16-10-4-13(5-11-16)3-2-12-18-15-8-6-14(17)7-9-15/h4-11,18H,2-3,12H2,1H3. The second kappa shape index (κ2) is 6.78. The Morgan fingerprint density at radius 2 is 1.68 bits per heavy atom. The van der Waals surface area contributed by atoms with Gasteiger partial charge in [0.1, 0.15) is 11.6 Å². The molecule has 0 unspecified atom stereocenters. The third kappa shape index (κ3) is 4.28. The highest BCUT2D eigenvalue weighted by Crippen LogP contribution is 2.13. The molecule has 2 rings (SSSR count). The minimum Gasteiger partial charge on any atom is -0.497 e. The Labute approximate surface area is 113 Å². The molecule has 0 saturated heterocycles. The lowest BCUT2D eigenvalue weighted by Gasteiger charge is -2.07. The van der Waals surface area contributed by atoms with Gasteiger partial charge in [0.05, 0.1) is 7.11 Å².